The highest BCUT2D eigenvalue weighted by Crippen LogP contribution is 2.36. The van der Waals surface area contributed by atoms with Crippen LogP contribution in [0.3, 0.4) is 0 Å². The summed E-state index contributed by atoms with van der Waals surface area (Å²) in [6, 6.07) is 2.28. The Morgan fingerprint density at radius 1 is 1.59 bits per heavy atom. The Kier molecular flexibility index (Phi) is 3.39. The van der Waals surface area contributed by atoms with Crippen LogP contribution in [0.2, 0.25) is 0 Å². The van der Waals surface area contributed by atoms with Crippen LogP contribution >= 0.6 is 0 Å². The topological polar surface area (TPSA) is 53.3 Å². The number of nitriles is 1. The van der Waals surface area contributed by atoms with E-state index in [-0.39, 0.29) is 5.91 Å². The number of likely N-dealkylation sites (N-methyl/N-ethyl adjacent to an activating group) is 1. The van der Waals surface area contributed by atoms with Gasteiger partial charge in [-0.25, -0.2) is 0 Å². The van der Waals surface area contributed by atoms with Crippen molar-refractivity contribution in [2.24, 2.45) is 5.92 Å². The fourth-order valence-electron chi connectivity index (χ4n) is 2.15. The lowest BCUT2D eigenvalue weighted by Crippen LogP contribution is -2.55. The fraction of sp³-hybridized carbons (Fsp3) is 0.846. The molecular weight excluding hydrogens is 216 g/mol. The van der Waals surface area contributed by atoms with Gasteiger partial charge in [0.1, 0.15) is 11.6 Å². The summed E-state index contributed by atoms with van der Waals surface area (Å²) in [4.78, 5) is 13.7. The molecule has 4 nitrogen and oxygen atoms in total. The van der Waals surface area contributed by atoms with Gasteiger partial charge in [-0.2, -0.15) is 5.26 Å². The van der Waals surface area contributed by atoms with Crippen LogP contribution in [0.15, 0.2) is 0 Å². The molecule has 0 aliphatic heterocycles. The monoisotopic (exact) mass is 236 g/mol. The Hall–Kier alpha value is -1.08. The molecule has 0 aromatic rings. The van der Waals surface area contributed by atoms with Crippen molar-refractivity contribution < 1.29 is 9.53 Å². The van der Waals surface area contributed by atoms with Crippen LogP contribution in [-0.2, 0) is 9.53 Å². The van der Waals surface area contributed by atoms with E-state index < -0.39 is 11.6 Å². The average Bonchev–Trinajstić information content (AvgIpc) is 3.07. The number of carbonyl (C=O) groups is 1. The standard InChI is InChI=1S/C13H20N2O2/c1-10(17-8-11-4-5-11)12(16)15(2)13(9-14)6-3-7-13/h10-11H,3-8H2,1-2H3. The zero-order valence-corrected chi connectivity index (χ0v) is 10.6. The van der Waals surface area contributed by atoms with Gasteiger partial charge in [-0.05, 0) is 44.9 Å². The molecule has 0 spiro atoms. The molecular formula is C13H20N2O2. The number of amides is 1. The molecule has 0 N–H and O–H groups in total. The van der Waals surface area contributed by atoms with Gasteiger partial charge in [0.15, 0.2) is 0 Å². The second kappa shape index (κ2) is 4.66. The molecule has 2 aliphatic carbocycles. The van der Waals surface area contributed by atoms with Gasteiger partial charge in [-0.15, -0.1) is 0 Å². The van der Waals surface area contributed by atoms with Crippen LogP contribution in [-0.4, -0.2) is 36.1 Å². The van der Waals surface area contributed by atoms with Crippen LogP contribution < -0.4 is 0 Å². The van der Waals surface area contributed by atoms with Gasteiger partial charge in [-0.1, -0.05) is 0 Å². The van der Waals surface area contributed by atoms with E-state index in [1.165, 1.54) is 12.8 Å². The van der Waals surface area contributed by atoms with Crippen molar-refractivity contribution in [3.8, 4) is 6.07 Å². The van der Waals surface area contributed by atoms with Gasteiger partial charge in [0.2, 0.25) is 0 Å². The normalized spacial score (nSPS) is 23.4. The Morgan fingerprint density at radius 3 is 2.65 bits per heavy atom. The lowest BCUT2D eigenvalue weighted by Gasteiger charge is -2.43. The van der Waals surface area contributed by atoms with Crippen LogP contribution in [0.1, 0.15) is 39.0 Å². The van der Waals surface area contributed by atoms with Crippen molar-refractivity contribution in [2.45, 2.75) is 50.7 Å². The van der Waals surface area contributed by atoms with Crippen LogP contribution in [0.25, 0.3) is 0 Å². The Bertz CT molecular complexity index is 340. The second-order valence-corrected chi connectivity index (χ2v) is 5.31. The van der Waals surface area contributed by atoms with Crippen LogP contribution in [0.4, 0.5) is 0 Å². The molecule has 17 heavy (non-hydrogen) atoms. The second-order valence-electron chi connectivity index (χ2n) is 5.31. The maximum atomic E-state index is 12.1. The minimum atomic E-state index is -0.561. The average molecular weight is 236 g/mol. The van der Waals surface area contributed by atoms with E-state index in [9.17, 15) is 10.1 Å². The summed E-state index contributed by atoms with van der Waals surface area (Å²) >= 11 is 0. The minimum absolute atomic E-state index is 0.0631. The van der Waals surface area contributed by atoms with Crippen molar-refractivity contribution in [3.63, 3.8) is 0 Å². The number of nitrogens with zero attached hydrogens (tertiary/aromatic N) is 2. The van der Waals surface area contributed by atoms with Gasteiger partial charge in [0.25, 0.3) is 5.91 Å². The van der Waals surface area contributed by atoms with E-state index in [4.69, 9.17) is 4.74 Å². The molecule has 1 amide bonds. The molecule has 0 aromatic carbocycles. The summed E-state index contributed by atoms with van der Waals surface area (Å²) in [7, 11) is 1.72. The van der Waals surface area contributed by atoms with Crippen molar-refractivity contribution in [3.05, 3.63) is 0 Å². The van der Waals surface area contributed by atoms with Gasteiger partial charge in [0.05, 0.1) is 12.7 Å². The summed E-state index contributed by atoms with van der Waals surface area (Å²) in [5, 5.41) is 9.18. The van der Waals surface area contributed by atoms with E-state index in [0.717, 1.165) is 19.3 Å². The molecule has 0 heterocycles. The zero-order valence-electron chi connectivity index (χ0n) is 10.6. The lowest BCUT2D eigenvalue weighted by molar-refractivity contribution is -0.148. The third kappa shape index (κ3) is 2.44. The van der Waals surface area contributed by atoms with Crippen LogP contribution in [0.5, 0.6) is 0 Å². The van der Waals surface area contributed by atoms with E-state index in [1.807, 2.05) is 0 Å². The highest BCUT2D eigenvalue weighted by Gasteiger charge is 2.44. The summed E-state index contributed by atoms with van der Waals surface area (Å²) in [6.45, 7) is 2.46. The highest BCUT2D eigenvalue weighted by molar-refractivity contribution is 5.81. The summed E-state index contributed by atoms with van der Waals surface area (Å²) in [5.41, 5.74) is -0.561. The van der Waals surface area contributed by atoms with E-state index in [2.05, 4.69) is 6.07 Å². The van der Waals surface area contributed by atoms with Crippen LogP contribution in [0, 0.1) is 17.2 Å². The zero-order chi connectivity index (χ0) is 12.5. The molecule has 4 heteroatoms. The van der Waals surface area contributed by atoms with Gasteiger partial charge < -0.3 is 9.64 Å². The Labute approximate surface area is 103 Å². The molecule has 1 unspecified atom stereocenters. The number of ether oxygens (including phenoxy) is 1. The van der Waals surface area contributed by atoms with Gasteiger partial charge >= 0.3 is 0 Å². The fourth-order valence-corrected chi connectivity index (χ4v) is 2.15. The third-order valence-corrected chi connectivity index (χ3v) is 3.99. The number of rotatable bonds is 5. The highest BCUT2D eigenvalue weighted by atomic mass is 16.5. The smallest absolute Gasteiger partial charge is 0.252 e. The quantitative estimate of drug-likeness (QED) is 0.730. The van der Waals surface area contributed by atoms with Crippen molar-refractivity contribution in [1.82, 2.24) is 4.90 Å². The molecule has 94 valence electrons. The van der Waals surface area contributed by atoms with Gasteiger partial charge in [0, 0.05) is 7.05 Å². The van der Waals surface area contributed by atoms with Crippen molar-refractivity contribution in [1.29, 1.82) is 5.26 Å². The summed E-state index contributed by atoms with van der Waals surface area (Å²) in [6.07, 6.45) is 4.63. The lowest BCUT2D eigenvalue weighted by atomic mass is 9.76. The van der Waals surface area contributed by atoms with Crippen molar-refractivity contribution in [2.75, 3.05) is 13.7 Å². The first-order chi connectivity index (χ1) is 8.09. The van der Waals surface area contributed by atoms with Gasteiger partial charge in [-0.3, -0.25) is 4.79 Å². The summed E-state index contributed by atoms with van der Waals surface area (Å²) in [5.74, 6) is 0.594. The molecule has 2 rings (SSSR count). The first kappa shape index (κ1) is 12.4. The molecule has 1 atom stereocenters. The van der Waals surface area contributed by atoms with Crippen molar-refractivity contribution >= 4 is 5.91 Å². The third-order valence-electron chi connectivity index (χ3n) is 3.99. The molecule has 0 radical (unpaired) electrons. The number of hydrogen-bond donors (Lipinski definition) is 0. The first-order valence-electron chi connectivity index (χ1n) is 6.39. The molecule has 2 fully saturated rings. The molecule has 2 saturated carbocycles. The largest absolute Gasteiger partial charge is 0.368 e. The molecule has 0 saturated heterocycles. The maximum Gasteiger partial charge on any atom is 0.252 e. The van der Waals surface area contributed by atoms with E-state index in [1.54, 1.807) is 18.9 Å². The molecule has 0 aromatic heterocycles. The first-order valence-corrected chi connectivity index (χ1v) is 6.39. The SMILES string of the molecule is CC(OCC1CC1)C(=O)N(C)C1(C#N)CCC1. The number of carbonyl (C=O) groups excluding carboxylic acids is 1. The molecule has 2 aliphatic rings. The van der Waals surface area contributed by atoms with E-state index in [0.29, 0.717) is 12.5 Å². The Balaban J connectivity index is 1.86. The predicted molar refractivity (Wildman–Crippen MR) is 63.1 cm³/mol. The van der Waals surface area contributed by atoms with E-state index >= 15 is 0 Å². The Morgan fingerprint density at radius 2 is 2.24 bits per heavy atom. The molecule has 0 bridgehead atoms. The number of hydrogen-bond acceptors (Lipinski definition) is 3. The summed E-state index contributed by atoms with van der Waals surface area (Å²) < 4.78 is 5.56. The minimum Gasteiger partial charge on any atom is -0.368 e. The maximum absolute atomic E-state index is 12.1. The predicted octanol–water partition coefficient (Wildman–Crippen LogP) is 1.71.